The Balaban J connectivity index is 1.12. The van der Waals surface area contributed by atoms with Crippen LogP contribution in [0.2, 0.25) is 0 Å². The third-order valence-corrected chi connectivity index (χ3v) is 12.2. The third kappa shape index (κ3) is 5.12. The molecule has 0 spiro atoms. The topological polar surface area (TPSA) is 56.5 Å². The van der Waals surface area contributed by atoms with Crippen molar-refractivity contribution in [2.75, 3.05) is 0 Å². The minimum atomic E-state index is -0.577. The first-order valence-electron chi connectivity index (χ1n) is 20.3. The molecule has 0 fully saturated rings. The Labute approximate surface area is 347 Å². The van der Waals surface area contributed by atoms with E-state index in [2.05, 4.69) is 144 Å². The van der Waals surface area contributed by atoms with Gasteiger partial charge in [0.1, 0.15) is 0 Å². The van der Waals surface area contributed by atoms with E-state index in [4.69, 9.17) is 19.9 Å². The zero-order chi connectivity index (χ0) is 39.6. The van der Waals surface area contributed by atoms with Crippen LogP contribution in [0, 0.1) is 0 Å². The molecule has 0 N–H and O–H groups in total. The van der Waals surface area contributed by atoms with Crippen molar-refractivity contribution in [3.05, 3.63) is 235 Å². The molecule has 5 nitrogen and oxygen atoms in total. The van der Waals surface area contributed by atoms with Gasteiger partial charge >= 0.3 is 0 Å². The predicted molar refractivity (Wildman–Crippen MR) is 243 cm³/mol. The molecular formula is C55H35N5. The van der Waals surface area contributed by atoms with Crippen LogP contribution < -0.4 is 0 Å². The maximum absolute atomic E-state index is 5.16. The summed E-state index contributed by atoms with van der Waals surface area (Å²) < 4.78 is 2.19. The SMILES string of the molecule is c1ccc(-c2nc(-c3ccccc3)nc(-n3c4ccccc4c4cc(-c5cccc6c5-c5cc7ccccc7cc5C6(c5ccccc5)c5cccnc5)ccc43)n2)cc1. The standard InChI is InChI=1S/C55H35N5/c1-4-16-36(17-5-1)52-57-53(37-18-6-2-7-19-37)59-54(58-52)60-49-28-13-12-25-44(49)45-33-40(29-30-50(45)60)43-26-14-27-47-51(43)46-32-38-20-10-11-21-39(38)34-48(46)55(47,41-22-8-3-9-23-41)42-24-15-31-56-35-42/h1-35H. The average Bonchev–Trinajstić information content (AvgIpc) is 3.82. The normalized spacial score (nSPS) is 14.4. The van der Waals surface area contributed by atoms with Gasteiger partial charge in [-0.1, -0.05) is 164 Å². The van der Waals surface area contributed by atoms with Gasteiger partial charge in [-0.3, -0.25) is 9.55 Å². The lowest BCUT2D eigenvalue weighted by atomic mass is 9.68. The van der Waals surface area contributed by atoms with Crippen LogP contribution in [-0.2, 0) is 5.41 Å². The molecule has 0 aliphatic heterocycles. The molecule has 11 aromatic rings. The molecule has 280 valence electrons. The molecule has 5 heteroatoms. The van der Waals surface area contributed by atoms with Crippen LogP contribution in [0.15, 0.2) is 213 Å². The molecule has 0 saturated carbocycles. The van der Waals surface area contributed by atoms with Crippen molar-refractivity contribution in [1.82, 2.24) is 24.5 Å². The predicted octanol–water partition coefficient (Wildman–Crippen LogP) is 12.9. The van der Waals surface area contributed by atoms with Crippen molar-refractivity contribution in [2.45, 2.75) is 5.41 Å². The Hall–Kier alpha value is -8.02. The van der Waals surface area contributed by atoms with Crippen LogP contribution in [0.3, 0.4) is 0 Å². The first kappa shape index (κ1) is 34.1. The summed E-state index contributed by atoms with van der Waals surface area (Å²) in [5.74, 6) is 1.83. The monoisotopic (exact) mass is 765 g/mol. The molecule has 0 saturated heterocycles. The van der Waals surface area contributed by atoms with Gasteiger partial charge < -0.3 is 0 Å². The van der Waals surface area contributed by atoms with Gasteiger partial charge in [-0.15, -0.1) is 0 Å². The van der Waals surface area contributed by atoms with E-state index in [-0.39, 0.29) is 0 Å². The fourth-order valence-corrected chi connectivity index (χ4v) is 9.61. The molecule has 3 heterocycles. The highest BCUT2D eigenvalue weighted by Crippen LogP contribution is 2.59. The number of hydrogen-bond acceptors (Lipinski definition) is 4. The van der Waals surface area contributed by atoms with Crippen molar-refractivity contribution in [3.63, 3.8) is 0 Å². The molecule has 1 aliphatic rings. The Morgan fingerprint density at radius 1 is 0.400 bits per heavy atom. The highest BCUT2D eigenvalue weighted by Gasteiger charge is 2.47. The van der Waals surface area contributed by atoms with E-state index in [0.717, 1.165) is 44.1 Å². The largest absolute Gasteiger partial charge is 0.278 e. The van der Waals surface area contributed by atoms with Gasteiger partial charge in [-0.2, -0.15) is 9.97 Å². The lowest BCUT2D eigenvalue weighted by molar-refractivity contribution is 0.764. The average molecular weight is 766 g/mol. The van der Waals surface area contributed by atoms with Crippen LogP contribution in [0.25, 0.3) is 83.6 Å². The number of para-hydroxylation sites is 1. The Kier molecular flexibility index (Phi) is 7.69. The summed E-state index contributed by atoms with van der Waals surface area (Å²) in [5, 5.41) is 4.69. The quantitative estimate of drug-likeness (QED) is 0.169. The van der Waals surface area contributed by atoms with Gasteiger partial charge in [-0.05, 0) is 91.7 Å². The smallest absolute Gasteiger partial charge is 0.238 e. The third-order valence-electron chi connectivity index (χ3n) is 12.2. The molecule has 1 aliphatic carbocycles. The maximum Gasteiger partial charge on any atom is 0.238 e. The number of fused-ring (bicyclic) bond motifs is 7. The molecule has 0 bridgehead atoms. The van der Waals surface area contributed by atoms with Gasteiger partial charge in [0.15, 0.2) is 11.6 Å². The van der Waals surface area contributed by atoms with Crippen LogP contribution >= 0.6 is 0 Å². The molecule has 3 aromatic heterocycles. The summed E-state index contributed by atoms with van der Waals surface area (Å²) in [6.45, 7) is 0. The van der Waals surface area contributed by atoms with E-state index in [1.807, 2.05) is 73.1 Å². The van der Waals surface area contributed by atoms with E-state index < -0.39 is 5.41 Å². The molecule has 60 heavy (non-hydrogen) atoms. The highest BCUT2D eigenvalue weighted by molar-refractivity contribution is 6.11. The van der Waals surface area contributed by atoms with Crippen molar-refractivity contribution in [3.8, 4) is 51.0 Å². The second kappa shape index (κ2) is 13.5. The van der Waals surface area contributed by atoms with Crippen molar-refractivity contribution in [1.29, 1.82) is 0 Å². The second-order valence-corrected chi connectivity index (χ2v) is 15.4. The Bertz CT molecular complexity index is 3320. The van der Waals surface area contributed by atoms with E-state index in [1.165, 1.54) is 44.2 Å². The molecule has 12 rings (SSSR count). The number of rotatable bonds is 6. The summed E-state index contributed by atoms with van der Waals surface area (Å²) in [7, 11) is 0. The lowest BCUT2D eigenvalue weighted by Crippen LogP contribution is -2.28. The summed E-state index contributed by atoms with van der Waals surface area (Å²) >= 11 is 0. The van der Waals surface area contributed by atoms with Gasteiger partial charge in [0, 0.05) is 34.3 Å². The fraction of sp³-hybridized carbons (Fsp3) is 0.0182. The summed E-state index contributed by atoms with van der Waals surface area (Å²) in [6.07, 6.45) is 3.91. The van der Waals surface area contributed by atoms with E-state index in [9.17, 15) is 0 Å². The van der Waals surface area contributed by atoms with Gasteiger partial charge in [0.25, 0.3) is 0 Å². The number of aromatic nitrogens is 5. The lowest BCUT2D eigenvalue weighted by Gasteiger charge is -2.33. The van der Waals surface area contributed by atoms with E-state index >= 15 is 0 Å². The summed E-state index contributed by atoms with van der Waals surface area (Å²) in [4.78, 5) is 20.0. The number of benzene rings is 8. The molecule has 0 amide bonds. The van der Waals surface area contributed by atoms with Crippen molar-refractivity contribution < 1.29 is 0 Å². The number of pyridine rings is 1. The Morgan fingerprint density at radius 2 is 1.03 bits per heavy atom. The van der Waals surface area contributed by atoms with E-state index in [1.54, 1.807) is 0 Å². The van der Waals surface area contributed by atoms with Crippen LogP contribution in [0.4, 0.5) is 0 Å². The molecule has 1 atom stereocenters. The first-order chi connectivity index (χ1) is 29.8. The maximum atomic E-state index is 5.16. The number of hydrogen-bond donors (Lipinski definition) is 0. The van der Waals surface area contributed by atoms with Crippen molar-refractivity contribution >= 4 is 32.6 Å². The van der Waals surface area contributed by atoms with Crippen LogP contribution in [-0.4, -0.2) is 24.5 Å². The Morgan fingerprint density at radius 3 is 1.75 bits per heavy atom. The molecule has 1 unspecified atom stereocenters. The molecule has 8 aromatic carbocycles. The zero-order valence-corrected chi connectivity index (χ0v) is 32.4. The highest BCUT2D eigenvalue weighted by atomic mass is 15.2. The summed E-state index contributed by atoms with van der Waals surface area (Å²) in [6, 6.07) is 71.3. The zero-order valence-electron chi connectivity index (χ0n) is 32.4. The van der Waals surface area contributed by atoms with Gasteiger partial charge in [-0.25, -0.2) is 4.98 Å². The van der Waals surface area contributed by atoms with E-state index in [0.29, 0.717) is 17.6 Å². The first-order valence-corrected chi connectivity index (χ1v) is 20.3. The van der Waals surface area contributed by atoms with Gasteiger partial charge in [0.2, 0.25) is 5.95 Å². The second-order valence-electron chi connectivity index (χ2n) is 15.4. The van der Waals surface area contributed by atoms with Crippen LogP contribution in [0.1, 0.15) is 22.3 Å². The molecular weight excluding hydrogens is 731 g/mol. The number of nitrogens with zero attached hydrogens (tertiary/aromatic N) is 5. The fourth-order valence-electron chi connectivity index (χ4n) is 9.61. The van der Waals surface area contributed by atoms with Crippen LogP contribution in [0.5, 0.6) is 0 Å². The van der Waals surface area contributed by atoms with Crippen molar-refractivity contribution in [2.24, 2.45) is 0 Å². The molecule has 0 radical (unpaired) electrons. The minimum absolute atomic E-state index is 0.576. The minimum Gasteiger partial charge on any atom is -0.278 e. The van der Waals surface area contributed by atoms with Gasteiger partial charge in [0.05, 0.1) is 16.4 Å². The summed E-state index contributed by atoms with van der Waals surface area (Å²) in [5.41, 5.74) is 13.0.